The molecule has 0 amide bonds. The summed E-state index contributed by atoms with van der Waals surface area (Å²) in [7, 11) is 1.80. The highest BCUT2D eigenvalue weighted by Gasteiger charge is 2.00. The lowest BCUT2D eigenvalue weighted by Gasteiger charge is -2.13. The van der Waals surface area contributed by atoms with E-state index in [1.165, 1.54) is 11.1 Å². The smallest absolute Gasteiger partial charge is 0.191 e. The van der Waals surface area contributed by atoms with Gasteiger partial charge in [0.05, 0.1) is 0 Å². The van der Waals surface area contributed by atoms with Gasteiger partial charge in [0.15, 0.2) is 5.96 Å². The first-order valence-corrected chi connectivity index (χ1v) is 7.34. The first-order chi connectivity index (χ1) is 9.77. The quantitative estimate of drug-likeness (QED) is 0.436. The highest BCUT2D eigenvalue weighted by atomic mass is 16.5. The van der Waals surface area contributed by atoms with Gasteiger partial charge in [-0.05, 0) is 37.8 Å². The standard InChI is InChI=1S/C16H27N3O/c1-4-20-12-8-7-11-18-16(17-3)19-13-15-10-6-5-9-14(15)2/h5-6,9-10H,4,7-8,11-13H2,1-3H3,(H2,17,18,19). The molecule has 0 heterocycles. The van der Waals surface area contributed by atoms with Crippen LogP contribution in [0.15, 0.2) is 29.3 Å². The number of aryl methyl sites for hydroxylation is 1. The van der Waals surface area contributed by atoms with E-state index in [1.54, 1.807) is 7.05 Å². The predicted octanol–water partition coefficient (Wildman–Crippen LogP) is 2.48. The van der Waals surface area contributed by atoms with E-state index in [-0.39, 0.29) is 0 Å². The van der Waals surface area contributed by atoms with Gasteiger partial charge in [-0.3, -0.25) is 4.99 Å². The molecule has 2 N–H and O–H groups in total. The van der Waals surface area contributed by atoms with Gasteiger partial charge in [-0.2, -0.15) is 0 Å². The highest BCUT2D eigenvalue weighted by molar-refractivity contribution is 5.79. The Morgan fingerprint density at radius 1 is 1.20 bits per heavy atom. The molecule has 0 saturated carbocycles. The molecule has 0 aromatic heterocycles. The molecule has 0 atom stereocenters. The average Bonchev–Trinajstić information content (AvgIpc) is 2.47. The predicted molar refractivity (Wildman–Crippen MR) is 85.1 cm³/mol. The summed E-state index contributed by atoms with van der Waals surface area (Å²) in [6.07, 6.45) is 2.17. The van der Waals surface area contributed by atoms with Gasteiger partial charge >= 0.3 is 0 Å². The van der Waals surface area contributed by atoms with Crippen LogP contribution in [0.25, 0.3) is 0 Å². The number of rotatable bonds is 8. The molecule has 0 bridgehead atoms. The molecule has 1 aromatic carbocycles. The van der Waals surface area contributed by atoms with Crippen molar-refractivity contribution < 1.29 is 4.74 Å². The Morgan fingerprint density at radius 2 is 2.00 bits per heavy atom. The van der Waals surface area contributed by atoms with E-state index < -0.39 is 0 Å². The van der Waals surface area contributed by atoms with Crippen LogP contribution in [0.4, 0.5) is 0 Å². The molecule has 0 aliphatic rings. The Labute approximate surface area is 122 Å². The molecule has 112 valence electrons. The van der Waals surface area contributed by atoms with Gasteiger partial charge in [-0.1, -0.05) is 24.3 Å². The second-order valence-electron chi connectivity index (χ2n) is 4.68. The topological polar surface area (TPSA) is 45.6 Å². The zero-order valence-electron chi connectivity index (χ0n) is 12.9. The molecule has 0 saturated heterocycles. The van der Waals surface area contributed by atoms with Crippen molar-refractivity contribution in [2.24, 2.45) is 4.99 Å². The van der Waals surface area contributed by atoms with E-state index in [2.05, 4.69) is 46.8 Å². The normalized spacial score (nSPS) is 11.4. The fourth-order valence-corrected chi connectivity index (χ4v) is 1.89. The number of aliphatic imine (C=N–C) groups is 1. The first-order valence-electron chi connectivity index (χ1n) is 7.34. The zero-order chi connectivity index (χ0) is 14.6. The van der Waals surface area contributed by atoms with Crippen molar-refractivity contribution >= 4 is 5.96 Å². The summed E-state index contributed by atoms with van der Waals surface area (Å²) in [5.74, 6) is 0.852. The van der Waals surface area contributed by atoms with Crippen LogP contribution in [-0.2, 0) is 11.3 Å². The van der Waals surface area contributed by atoms with Crippen molar-refractivity contribution in [2.45, 2.75) is 33.2 Å². The van der Waals surface area contributed by atoms with Gasteiger partial charge < -0.3 is 15.4 Å². The number of nitrogens with one attached hydrogen (secondary N) is 2. The molecule has 0 spiro atoms. The summed E-state index contributed by atoms with van der Waals surface area (Å²) in [6.45, 7) is 7.50. The Morgan fingerprint density at radius 3 is 2.70 bits per heavy atom. The second-order valence-corrected chi connectivity index (χ2v) is 4.68. The van der Waals surface area contributed by atoms with Crippen LogP contribution in [0.2, 0.25) is 0 Å². The summed E-state index contributed by atoms with van der Waals surface area (Å²) < 4.78 is 5.31. The largest absolute Gasteiger partial charge is 0.382 e. The van der Waals surface area contributed by atoms with Gasteiger partial charge in [0.2, 0.25) is 0 Å². The third kappa shape index (κ3) is 6.57. The number of hydrogen-bond donors (Lipinski definition) is 2. The molecule has 4 nitrogen and oxygen atoms in total. The van der Waals surface area contributed by atoms with E-state index in [4.69, 9.17) is 4.74 Å². The van der Waals surface area contributed by atoms with Crippen molar-refractivity contribution in [3.63, 3.8) is 0 Å². The molecule has 0 aliphatic heterocycles. The summed E-state index contributed by atoms with van der Waals surface area (Å²) >= 11 is 0. The monoisotopic (exact) mass is 277 g/mol. The molecule has 0 unspecified atom stereocenters. The maximum Gasteiger partial charge on any atom is 0.191 e. The molecule has 20 heavy (non-hydrogen) atoms. The Balaban J connectivity index is 2.22. The van der Waals surface area contributed by atoms with Crippen LogP contribution in [0.3, 0.4) is 0 Å². The van der Waals surface area contributed by atoms with E-state index in [1.807, 2.05) is 6.92 Å². The Hall–Kier alpha value is -1.55. The van der Waals surface area contributed by atoms with Crippen LogP contribution in [0.1, 0.15) is 30.9 Å². The minimum absolute atomic E-state index is 0.797. The van der Waals surface area contributed by atoms with E-state index in [9.17, 15) is 0 Å². The molecular weight excluding hydrogens is 250 g/mol. The number of benzene rings is 1. The van der Waals surface area contributed by atoms with Crippen molar-refractivity contribution in [3.05, 3.63) is 35.4 Å². The summed E-state index contributed by atoms with van der Waals surface area (Å²) in [6, 6.07) is 8.39. The molecule has 0 radical (unpaired) electrons. The van der Waals surface area contributed by atoms with Crippen LogP contribution >= 0.6 is 0 Å². The lowest BCUT2D eigenvalue weighted by atomic mass is 10.1. The number of hydrogen-bond acceptors (Lipinski definition) is 2. The van der Waals surface area contributed by atoms with Gasteiger partial charge in [0.25, 0.3) is 0 Å². The van der Waals surface area contributed by atoms with E-state index in [0.29, 0.717) is 0 Å². The summed E-state index contributed by atoms with van der Waals surface area (Å²) in [5, 5.41) is 6.66. The molecule has 0 fully saturated rings. The maximum atomic E-state index is 5.31. The fraction of sp³-hybridized carbons (Fsp3) is 0.562. The molecule has 0 aliphatic carbocycles. The summed E-state index contributed by atoms with van der Waals surface area (Å²) in [5.41, 5.74) is 2.60. The highest BCUT2D eigenvalue weighted by Crippen LogP contribution is 2.05. The number of ether oxygens (including phenoxy) is 1. The van der Waals surface area contributed by atoms with Gasteiger partial charge in [-0.25, -0.2) is 0 Å². The Bertz CT molecular complexity index is 404. The number of guanidine groups is 1. The fourth-order valence-electron chi connectivity index (χ4n) is 1.89. The Kier molecular flexibility index (Phi) is 8.47. The minimum atomic E-state index is 0.797. The van der Waals surface area contributed by atoms with E-state index in [0.717, 1.165) is 45.1 Å². The number of unbranched alkanes of at least 4 members (excludes halogenated alkanes) is 1. The SMILES string of the molecule is CCOCCCCNC(=NC)NCc1ccccc1C. The lowest BCUT2D eigenvalue weighted by Crippen LogP contribution is -2.37. The summed E-state index contributed by atoms with van der Waals surface area (Å²) in [4.78, 5) is 4.23. The minimum Gasteiger partial charge on any atom is -0.382 e. The van der Waals surface area contributed by atoms with Crippen molar-refractivity contribution in [1.29, 1.82) is 0 Å². The molecule has 1 rings (SSSR count). The van der Waals surface area contributed by atoms with Crippen molar-refractivity contribution in [3.8, 4) is 0 Å². The first kappa shape index (κ1) is 16.5. The third-order valence-corrected chi connectivity index (χ3v) is 3.14. The van der Waals surface area contributed by atoms with Crippen molar-refractivity contribution in [1.82, 2.24) is 10.6 Å². The molecule has 4 heteroatoms. The molecular formula is C16H27N3O. The van der Waals surface area contributed by atoms with Crippen LogP contribution in [0.5, 0.6) is 0 Å². The van der Waals surface area contributed by atoms with Crippen LogP contribution in [-0.4, -0.2) is 32.8 Å². The van der Waals surface area contributed by atoms with Crippen LogP contribution in [0, 0.1) is 6.92 Å². The molecule has 1 aromatic rings. The second kappa shape index (κ2) is 10.3. The van der Waals surface area contributed by atoms with E-state index >= 15 is 0 Å². The van der Waals surface area contributed by atoms with Gasteiger partial charge in [0.1, 0.15) is 0 Å². The number of nitrogens with zero attached hydrogens (tertiary/aromatic N) is 1. The maximum absolute atomic E-state index is 5.31. The average molecular weight is 277 g/mol. The van der Waals surface area contributed by atoms with Gasteiger partial charge in [-0.15, -0.1) is 0 Å². The van der Waals surface area contributed by atoms with Crippen molar-refractivity contribution in [2.75, 3.05) is 26.8 Å². The van der Waals surface area contributed by atoms with Gasteiger partial charge in [0, 0.05) is 33.4 Å². The van der Waals surface area contributed by atoms with Crippen LogP contribution < -0.4 is 10.6 Å². The lowest BCUT2D eigenvalue weighted by molar-refractivity contribution is 0.143. The zero-order valence-corrected chi connectivity index (χ0v) is 12.9. The third-order valence-electron chi connectivity index (χ3n) is 3.14.